The number of nitrogens with one attached hydrogen (secondary N) is 1. The van der Waals surface area contributed by atoms with Crippen LogP contribution in [0.5, 0.6) is 0 Å². The molecule has 2 bridgehead atoms. The van der Waals surface area contributed by atoms with Gasteiger partial charge in [0.1, 0.15) is 0 Å². The van der Waals surface area contributed by atoms with Crippen molar-refractivity contribution in [2.75, 3.05) is 26.0 Å². The zero-order valence-corrected chi connectivity index (χ0v) is 18.0. The molecular formula is C20H29N3O4S. The Kier molecular flexibility index (Phi) is 5.31. The quantitative estimate of drug-likeness (QED) is 0.734. The van der Waals surface area contributed by atoms with Crippen LogP contribution in [0.25, 0.3) is 0 Å². The number of hydrogen-bond donors (Lipinski definition) is 1. The summed E-state index contributed by atoms with van der Waals surface area (Å²) in [6.07, 6.45) is 3.25. The molecule has 3 rings (SSSR count). The largest absolute Gasteiger partial charge is 0.386 e. The maximum Gasteiger partial charge on any atom is 0.265 e. The van der Waals surface area contributed by atoms with Crippen LogP contribution in [0.1, 0.15) is 40.0 Å². The summed E-state index contributed by atoms with van der Waals surface area (Å²) in [5, 5.41) is 6.95. The molecule has 1 aromatic rings. The molecule has 0 radical (unpaired) electrons. The van der Waals surface area contributed by atoms with Crippen molar-refractivity contribution in [2.24, 2.45) is 21.9 Å². The van der Waals surface area contributed by atoms with Gasteiger partial charge in [0.05, 0.1) is 10.6 Å². The van der Waals surface area contributed by atoms with Crippen molar-refractivity contribution >= 4 is 27.3 Å². The van der Waals surface area contributed by atoms with E-state index in [0.29, 0.717) is 11.6 Å². The normalized spacial score (nSPS) is 27.4. The molecule has 1 aromatic carbocycles. The number of benzene rings is 1. The lowest BCUT2D eigenvalue weighted by Crippen LogP contribution is -2.32. The monoisotopic (exact) mass is 407 g/mol. The van der Waals surface area contributed by atoms with Gasteiger partial charge in [0.15, 0.2) is 6.61 Å². The molecule has 2 saturated carbocycles. The van der Waals surface area contributed by atoms with Gasteiger partial charge in [-0.15, -0.1) is 0 Å². The van der Waals surface area contributed by atoms with E-state index < -0.39 is 10.0 Å². The van der Waals surface area contributed by atoms with Crippen LogP contribution < -0.4 is 5.32 Å². The van der Waals surface area contributed by atoms with Crippen molar-refractivity contribution in [1.29, 1.82) is 0 Å². The van der Waals surface area contributed by atoms with E-state index in [4.69, 9.17) is 4.84 Å². The summed E-state index contributed by atoms with van der Waals surface area (Å²) in [5.41, 5.74) is 1.68. The third kappa shape index (κ3) is 3.43. The summed E-state index contributed by atoms with van der Waals surface area (Å²) in [7, 11) is -0.630. The molecule has 1 N–H and O–H groups in total. The van der Waals surface area contributed by atoms with Crippen molar-refractivity contribution in [3.8, 4) is 0 Å². The van der Waals surface area contributed by atoms with Gasteiger partial charge in [-0.3, -0.25) is 4.79 Å². The van der Waals surface area contributed by atoms with Crippen LogP contribution in [0.3, 0.4) is 0 Å². The number of amides is 1. The fraction of sp³-hybridized carbons (Fsp3) is 0.600. The summed E-state index contributed by atoms with van der Waals surface area (Å²) in [6, 6.07) is 6.15. The molecule has 154 valence electrons. The summed E-state index contributed by atoms with van der Waals surface area (Å²) < 4.78 is 25.5. The topological polar surface area (TPSA) is 88.1 Å². The van der Waals surface area contributed by atoms with Gasteiger partial charge in [-0.05, 0) is 48.8 Å². The Morgan fingerprint density at radius 3 is 2.61 bits per heavy atom. The number of fused-ring (bicyclic) bond motifs is 2. The van der Waals surface area contributed by atoms with Crippen LogP contribution in [-0.4, -0.2) is 45.0 Å². The SMILES string of the molecule is CN(C)S(=O)(=O)c1cccc(NC(=O)CO/N=C2/C[C@@H]3CC[C@@]2(C)C3(C)C)c1. The Bertz CT molecular complexity index is 908. The maximum absolute atomic E-state index is 12.2. The second kappa shape index (κ2) is 7.15. The highest BCUT2D eigenvalue weighted by atomic mass is 32.2. The van der Waals surface area contributed by atoms with Crippen LogP contribution >= 0.6 is 0 Å². The van der Waals surface area contributed by atoms with E-state index in [0.717, 1.165) is 22.9 Å². The van der Waals surface area contributed by atoms with Gasteiger partial charge < -0.3 is 10.2 Å². The first-order chi connectivity index (χ1) is 13.0. The Morgan fingerprint density at radius 1 is 1.32 bits per heavy atom. The molecule has 1 amide bonds. The lowest BCUT2D eigenvalue weighted by atomic mass is 9.70. The number of rotatable bonds is 6. The summed E-state index contributed by atoms with van der Waals surface area (Å²) >= 11 is 0. The first-order valence-electron chi connectivity index (χ1n) is 9.50. The number of carbonyl (C=O) groups is 1. The molecule has 8 heteroatoms. The van der Waals surface area contributed by atoms with Crippen LogP contribution in [0.15, 0.2) is 34.3 Å². The number of oxime groups is 1. The highest BCUT2D eigenvalue weighted by Gasteiger charge is 2.60. The second-order valence-corrected chi connectivity index (χ2v) is 10.8. The third-order valence-electron chi connectivity index (χ3n) is 6.78. The van der Waals surface area contributed by atoms with Gasteiger partial charge in [-0.2, -0.15) is 0 Å². The van der Waals surface area contributed by atoms with Gasteiger partial charge >= 0.3 is 0 Å². The van der Waals surface area contributed by atoms with E-state index in [1.54, 1.807) is 12.1 Å². The molecule has 28 heavy (non-hydrogen) atoms. The smallest absolute Gasteiger partial charge is 0.265 e. The molecule has 0 saturated heterocycles. The third-order valence-corrected chi connectivity index (χ3v) is 8.59. The molecule has 0 heterocycles. The zero-order valence-electron chi connectivity index (χ0n) is 17.2. The molecule has 2 atom stereocenters. The van der Waals surface area contributed by atoms with Gasteiger partial charge in [-0.1, -0.05) is 32.0 Å². The van der Waals surface area contributed by atoms with E-state index in [1.165, 1.54) is 32.6 Å². The summed E-state index contributed by atoms with van der Waals surface area (Å²) in [5.74, 6) is 0.242. The predicted molar refractivity (Wildman–Crippen MR) is 109 cm³/mol. The van der Waals surface area contributed by atoms with Gasteiger partial charge in [0.25, 0.3) is 5.91 Å². The fourth-order valence-corrected chi connectivity index (χ4v) is 5.33. The fourth-order valence-electron chi connectivity index (χ4n) is 4.38. The van der Waals surface area contributed by atoms with Crippen LogP contribution in [0, 0.1) is 16.7 Å². The maximum atomic E-state index is 12.2. The van der Waals surface area contributed by atoms with Gasteiger partial charge in [-0.25, -0.2) is 12.7 Å². The molecule has 2 aliphatic rings. The molecule has 0 aliphatic heterocycles. The number of anilines is 1. The molecule has 2 fully saturated rings. The Morgan fingerprint density at radius 2 is 2.04 bits per heavy atom. The number of nitrogens with zero attached hydrogens (tertiary/aromatic N) is 2. The van der Waals surface area contributed by atoms with Crippen LogP contribution in [0.4, 0.5) is 5.69 Å². The van der Waals surface area contributed by atoms with E-state index >= 15 is 0 Å². The Hall–Kier alpha value is -1.93. The minimum atomic E-state index is -3.56. The van der Waals surface area contributed by atoms with E-state index in [-0.39, 0.29) is 28.2 Å². The second-order valence-electron chi connectivity index (χ2n) is 8.67. The van der Waals surface area contributed by atoms with Crippen molar-refractivity contribution in [3.63, 3.8) is 0 Å². The van der Waals surface area contributed by atoms with E-state index in [9.17, 15) is 13.2 Å². The van der Waals surface area contributed by atoms with Crippen molar-refractivity contribution in [2.45, 2.75) is 44.9 Å². The molecule has 0 aromatic heterocycles. The van der Waals surface area contributed by atoms with Crippen LogP contribution in [-0.2, 0) is 19.7 Å². The number of carbonyl (C=O) groups excluding carboxylic acids is 1. The number of sulfonamides is 1. The zero-order chi connectivity index (χ0) is 20.7. The average molecular weight is 408 g/mol. The predicted octanol–water partition coefficient (Wildman–Crippen LogP) is 3.09. The van der Waals surface area contributed by atoms with E-state index in [2.05, 4.69) is 31.2 Å². The molecular weight excluding hydrogens is 378 g/mol. The lowest BCUT2D eigenvalue weighted by molar-refractivity contribution is -0.120. The van der Waals surface area contributed by atoms with Crippen LogP contribution in [0.2, 0.25) is 0 Å². The first kappa shape index (κ1) is 20.8. The molecule has 0 unspecified atom stereocenters. The van der Waals surface area contributed by atoms with E-state index in [1.807, 2.05) is 0 Å². The first-order valence-corrected chi connectivity index (χ1v) is 10.9. The number of hydrogen-bond acceptors (Lipinski definition) is 5. The summed E-state index contributed by atoms with van der Waals surface area (Å²) in [4.78, 5) is 17.6. The summed E-state index contributed by atoms with van der Waals surface area (Å²) in [6.45, 7) is 6.59. The van der Waals surface area contributed by atoms with Crippen molar-refractivity contribution in [1.82, 2.24) is 4.31 Å². The highest BCUT2D eigenvalue weighted by molar-refractivity contribution is 7.89. The minimum Gasteiger partial charge on any atom is -0.386 e. The molecule has 2 aliphatic carbocycles. The lowest BCUT2D eigenvalue weighted by Gasteiger charge is -2.34. The standard InChI is InChI=1S/C20H29N3O4S/c1-19(2)14-9-10-20(19,3)17(11-14)22-27-13-18(24)21-15-7-6-8-16(12-15)28(25,26)23(4)5/h6-8,12,14H,9-11,13H2,1-5H3,(H,21,24)/b22-17-/t14-,20+/m0/s1. The van der Waals surface area contributed by atoms with Crippen molar-refractivity contribution in [3.05, 3.63) is 24.3 Å². The van der Waals surface area contributed by atoms with Gasteiger partial charge in [0.2, 0.25) is 10.0 Å². The van der Waals surface area contributed by atoms with Gasteiger partial charge in [0, 0.05) is 25.2 Å². The average Bonchev–Trinajstić information content (AvgIpc) is 2.95. The minimum absolute atomic E-state index is 0.0308. The molecule has 0 spiro atoms. The Balaban J connectivity index is 1.61. The van der Waals surface area contributed by atoms with Crippen molar-refractivity contribution < 1.29 is 18.0 Å². The highest BCUT2D eigenvalue weighted by Crippen LogP contribution is 2.63. The Labute approximate surface area is 167 Å². The molecule has 7 nitrogen and oxygen atoms in total.